The van der Waals surface area contributed by atoms with Crippen LogP contribution in [0.2, 0.25) is 0 Å². The Morgan fingerprint density at radius 3 is 2.28 bits per heavy atom. The van der Waals surface area contributed by atoms with E-state index in [1.807, 2.05) is 24.3 Å². The van der Waals surface area contributed by atoms with E-state index in [4.69, 9.17) is 9.47 Å². The Labute approximate surface area is 148 Å². The monoisotopic (exact) mass is 362 g/mol. The van der Waals surface area contributed by atoms with Gasteiger partial charge in [0, 0.05) is 25.3 Å². The number of ether oxygens (including phenoxy) is 2. The largest absolute Gasteiger partial charge is 0.497 e. The summed E-state index contributed by atoms with van der Waals surface area (Å²) in [5.74, 6) is 0.623. The number of morpholine rings is 1. The first-order valence-corrected chi connectivity index (χ1v) is 9.62. The van der Waals surface area contributed by atoms with Gasteiger partial charge in [-0.05, 0) is 42.0 Å². The number of sulfonamides is 1. The second-order valence-corrected chi connectivity index (χ2v) is 7.53. The van der Waals surface area contributed by atoms with E-state index >= 15 is 0 Å². The fourth-order valence-corrected chi connectivity index (χ4v) is 3.68. The van der Waals surface area contributed by atoms with E-state index < -0.39 is 10.0 Å². The third-order valence-electron chi connectivity index (χ3n) is 4.15. The Kier molecular flexibility index (Phi) is 5.57. The molecule has 1 aliphatic heterocycles. The Balaban J connectivity index is 1.61. The molecule has 0 unspecified atom stereocenters. The number of anilines is 1. The number of hydrogen-bond acceptors (Lipinski definition) is 5. The van der Waals surface area contributed by atoms with Crippen molar-refractivity contribution in [3.8, 4) is 5.75 Å². The highest BCUT2D eigenvalue weighted by Crippen LogP contribution is 2.18. The molecule has 0 bridgehead atoms. The molecule has 1 saturated heterocycles. The van der Waals surface area contributed by atoms with Gasteiger partial charge in [0.05, 0.1) is 25.2 Å². The van der Waals surface area contributed by atoms with Crippen LogP contribution in [0, 0.1) is 0 Å². The van der Waals surface area contributed by atoms with Crippen LogP contribution in [-0.2, 0) is 21.3 Å². The van der Waals surface area contributed by atoms with Gasteiger partial charge in [0.2, 0.25) is 10.0 Å². The number of rotatable bonds is 6. The Bertz CT molecular complexity index is 783. The summed E-state index contributed by atoms with van der Waals surface area (Å²) in [7, 11) is -2.00. The van der Waals surface area contributed by atoms with Crippen molar-refractivity contribution in [2.45, 2.75) is 11.4 Å². The molecule has 0 spiro atoms. The number of benzene rings is 2. The Morgan fingerprint density at radius 1 is 1.04 bits per heavy atom. The zero-order chi connectivity index (χ0) is 17.7. The quantitative estimate of drug-likeness (QED) is 0.851. The number of nitrogens with zero attached hydrogens (tertiary/aromatic N) is 1. The lowest BCUT2D eigenvalue weighted by molar-refractivity contribution is 0.122. The fourth-order valence-electron chi connectivity index (χ4n) is 2.66. The van der Waals surface area contributed by atoms with Crippen LogP contribution in [0.4, 0.5) is 5.69 Å². The van der Waals surface area contributed by atoms with Gasteiger partial charge < -0.3 is 14.4 Å². The van der Waals surface area contributed by atoms with E-state index in [0.717, 1.165) is 37.6 Å². The van der Waals surface area contributed by atoms with Crippen LogP contribution in [0.25, 0.3) is 0 Å². The first kappa shape index (κ1) is 17.7. The molecule has 1 fully saturated rings. The maximum atomic E-state index is 12.3. The molecule has 0 aliphatic carbocycles. The third-order valence-corrected chi connectivity index (χ3v) is 5.57. The van der Waals surface area contributed by atoms with Gasteiger partial charge >= 0.3 is 0 Å². The zero-order valence-corrected chi connectivity index (χ0v) is 15.0. The van der Waals surface area contributed by atoms with Crippen LogP contribution >= 0.6 is 0 Å². The van der Waals surface area contributed by atoms with Crippen molar-refractivity contribution in [1.29, 1.82) is 0 Å². The molecule has 0 aromatic heterocycles. The van der Waals surface area contributed by atoms with Crippen molar-refractivity contribution >= 4 is 15.7 Å². The minimum atomic E-state index is -3.55. The summed E-state index contributed by atoms with van der Waals surface area (Å²) >= 11 is 0. The van der Waals surface area contributed by atoms with Crippen molar-refractivity contribution in [3.05, 3.63) is 54.1 Å². The molecule has 3 rings (SSSR count). The highest BCUT2D eigenvalue weighted by atomic mass is 32.2. The summed E-state index contributed by atoms with van der Waals surface area (Å²) in [4.78, 5) is 2.48. The number of nitrogens with one attached hydrogen (secondary N) is 1. The molecule has 0 radical (unpaired) electrons. The summed E-state index contributed by atoms with van der Waals surface area (Å²) in [6.07, 6.45) is 0. The third kappa shape index (κ3) is 4.50. The molecular weight excluding hydrogens is 340 g/mol. The summed E-state index contributed by atoms with van der Waals surface area (Å²) in [6.45, 7) is 3.48. The van der Waals surface area contributed by atoms with Crippen molar-refractivity contribution in [1.82, 2.24) is 4.72 Å². The molecule has 2 aromatic carbocycles. The smallest absolute Gasteiger partial charge is 0.240 e. The van der Waals surface area contributed by atoms with Gasteiger partial charge in [-0.15, -0.1) is 0 Å². The van der Waals surface area contributed by atoms with Gasteiger partial charge in [-0.25, -0.2) is 13.1 Å². The molecule has 25 heavy (non-hydrogen) atoms. The van der Waals surface area contributed by atoms with Crippen LogP contribution < -0.4 is 14.4 Å². The van der Waals surface area contributed by atoms with Gasteiger partial charge in [-0.2, -0.15) is 0 Å². The topological polar surface area (TPSA) is 67.9 Å². The van der Waals surface area contributed by atoms with E-state index in [0.29, 0.717) is 5.75 Å². The standard InChI is InChI=1S/C18H22N2O4S/c1-23-17-6-8-18(9-7-17)25(21,22)19-14-15-2-4-16(5-3-15)20-10-12-24-13-11-20/h2-9,19H,10-14H2,1H3. The molecule has 1 aliphatic rings. The molecule has 0 saturated carbocycles. The first-order valence-electron chi connectivity index (χ1n) is 8.14. The zero-order valence-electron chi connectivity index (χ0n) is 14.1. The van der Waals surface area contributed by atoms with Crippen molar-refractivity contribution < 1.29 is 17.9 Å². The van der Waals surface area contributed by atoms with Crippen molar-refractivity contribution in [2.24, 2.45) is 0 Å². The van der Waals surface area contributed by atoms with E-state index in [1.54, 1.807) is 19.2 Å². The molecule has 0 atom stereocenters. The second-order valence-electron chi connectivity index (χ2n) is 5.77. The highest BCUT2D eigenvalue weighted by Gasteiger charge is 2.14. The van der Waals surface area contributed by atoms with Crippen LogP contribution in [0.3, 0.4) is 0 Å². The number of methoxy groups -OCH3 is 1. The van der Waals surface area contributed by atoms with Gasteiger partial charge in [0.15, 0.2) is 0 Å². The van der Waals surface area contributed by atoms with Gasteiger partial charge in [-0.3, -0.25) is 0 Å². The SMILES string of the molecule is COc1ccc(S(=O)(=O)NCc2ccc(N3CCOCC3)cc2)cc1. The lowest BCUT2D eigenvalue weighted by atomic mass is 10.2. The average molecular weight is 362 g/mol. The molecule has 2 aromatic rings. The summed E-state index contributed by atoms with van der Waals surface area (Å²) < 4.78 is 37.7. The van der Waals surface area contributed by atoms with Gasteiger partial charge in [0.25, 0.3) is 0 Å². The second kappa shape index (κ2) is 7.86. The normalized spacial score (nSPS) is 15.2. The Morgan fingerprint density at radius 2 is 1.68 bits per heavy atom. The van der Waals surface area contributed by atoms with E-state index in [2.05, 4.69) is 9.62 Å². The highest BCUT2D eigenvalue weighted by molar-refractivity contribution is 7.89. The molecule has 6 nitrogen and oxygen atoms in total. The summed E-state index contributed by atoms with van der Waals surface area (Å²) in [5, 5.41) is 0. The number of hydrogen-bond donors (Lipinski definition) is 1. The van der Waals surface area contributed by atoms with Crippen LogP contribution in [0.5, 0.6) is 5.75 Å². The molecule has 1 heterocycles. The van der Waals surface area contributed by atoms with Crippen molar-refractivity contribution in [3.63, 3.8) is 0 Å². The average Bonchev–Trinajstić information content (AvgIpc) is 2.67. The molecular formula is C18H22N2O4S. The maximum absolute atomic E-state index is 12.3. The van der Waals surface area contributed by atoms with Crippen LogP contribution in [0.15, 0.2) is 53.4 Å². The maximum Gasteiger partial charge on any atom is 0.240 e. The predicted octanol–water partition coefficient (Wildman–Crippen LogP) is 2.01. The molecule has 1 N–H and O–H groups in total. The summed E-state index contributed by atoms with van der Waals surface area (Å²) in [5.41, 5.74) is 2.04. The minimum absolute atomic E-state index is 0.221. The van der Waals surface area contributed by atoms with Crippen LogP contribution in [0.1, 0.15) is 5.56 Å². The van der Waals surface area contributed by atoms with E-state index in [9.17, 15) is 8.42 Å². The van der Waals surface area contributed by atoms with Crippen LogP contribution in [-0.4, -0.2) is 41.8 Å². The first-order chi connectivity index (χ1) is 12.1. The fraction of sp³-hybridized carbons (Fsp3) is 0.333. The van der Waals surface area contributed by atoms with Gasteiger partial charge in [0.1, 0.15) is 5.75 Å². The molecule has 0 amide bonds. The predicted molar refractivity (Wildman–Crippen MR) is 96.5 cm³/mol. The minimum Gasteiger partial charge on any atom is -0.497 e. The lowest BCUT2D eigenvalue weighted by Crippen LogP contribution is -2.36. The summed E-state index contributed by atoms with van der Waals surface area (Å²) in [6, 6.07) is 14.2. The van der Waals surface area contributed by atoms with Gasteiger partial charge in [-0.1, -0.05) is 12.1 Å². The van der Waals surface area contributed by atoms with E-state index in [1.165, 1.54) is 12.1 Å². The van der Waals surface area contributed by atoms with E-state index in [-0.39, 0.29) is 11.4 Å². The van der Waals surface area contributed by atoms with Crippen molar-refractivity contribution in [2.75, 3.05) is 38.3 Å². The Hall–Kier alpha value is -2.09. The molecule has 7 heteroatoms. The lowest BCUT2D eigenvalue weighted by Gasteiger charge is -2.28. The molecule has 134 valence electrons.